The summed E-state index contributed by atoms with van der Waals surface area (Å²) in [5, 5.41) is 0. The molecule has 0 spiro atoms. The van der Waals surface area contributed by atoms with E-state index >= 15 is 0 Å². The van der Waals surface area contributed by atoms with Crippen LogP contribution in [-0.2, 0) is 16.4 Å². The molecule has 8 heteroatoms. The summed E-state index contributed by atoms with van der Waals surface area (Å²) in [6.45, 7) is 2.12. The molecule has 1 saturated carbocycles. The minimum absolute atomic E-state index is 0.0258. The van der Waals surface area contributed by atoms with Gasteiger partial charge in [0.1, 0.15) is 11.6 Å². The zero-order valence-corrected chi connectivity index (χ0v) is 17.2. The number of amides is 1. The van der Waals surface area contributed by atoms with Crippen molar-refractivity contribution in [2.45, 2.75) is 43.7 Å². The lowest BCUT2D eigenvalue weighted by Crippen LogP contribution is -2.47. The first-order valence-corrected chi connectivity index (χ1v) is 10.6. The molecule has 2 fully saturated rings. The molecule has 0 radical (unpaired) electrons. The molecule has 0 bridgehead atoms. The Kier molecular flexibility index (Phi) is 5.90. The van der Waals surface area contributed by atoms with E-state index in [0.717, 1.165) is 30.7 Å². The number of rotatable bonds is 3. The van der Waals surface area contributed by atoms with Gasteiger partial charge in [-0.2, -0.15) is 13.2 Å². The Morgan fingerprint density at radius 2 is 1.74 bits per heavy atom. The van der Waals surface area contributed by atoms with Crippen molar-refractivity contribution in [3.05, 3.63) is 59.5 Å². The number of benzene rings is 1. The number of anilines is 1. The Labute approximate surface area is 178 Å². The Hall–Kier alpha value is -2.64. The van der Waals surface area contributed by atoms with E-state index in [1.165, 1.54) is 18.2 Å². The lowest BCUT2D eigenvalue weighted by Gasteiger charge is -2.34. The smallest absolute Gasteiger partial charge is 0.355 e. The van der Waals surface area contributed by atoms with Gasteiger partial charge in [0.25, 0.3) is 0 Å². The first-order valence-electron chi connectivity index (χ1n) is 10.6. The number of halogens is 4. The highest BCUT2D eigenvalue weighted by molar-refractivity contribution is 5.88. The van der Waals surface area contributed by atoms with E-state index in [2.05, 4.69) is 4.98 Å². The van der Waals surface area contributed by atoms with Crippen LogP contribution in [0.25, 0.3) is 0 Å². The summed E-state index contributed by atoms with van der Waals surface area (Å²) < 4.78 is 52.3. The van der Waals surface area contributed by atoms with E-state index in [0.29, 0.717) is 51.3 Å². The number of alkyl halides is 3. The third-order valence-corrected chi connectivity index (χ3v) is 6.43. The largest absolute Gasteiger partial charge is 0.417 e. The van der Waals surface area contributed by atoms with E-state index in [4.69, 9.17) is 0 Å². The highest BCUT2D eigenvalue weighted by Crippen LogP contribution is 2.43. The van der Waals surface area contributed by atoms with Gasteiger partial charge in [0.15, 0.2) is 0 Å². The average molecular weight is 435 g/mol. The molecule has 0 atom stereocenters. The monoisotopic (exact) mass is 435 g/mol. The van der Waals surface area contributed by atoms with Gasteiger partial charge in [-0.05, 0) is 49.1 Å². The molecule has 0 N–H and O–H groups in total. The fourth-order valence-corrected chi connectivity index (χ4v) is 4.78. The molecule has 4 rings (SSSR count). The molecule has 2 heterocycles. The second-order valence-corrected chi connectivity index (χ2v) is 8.34. The summed E-state index contributed by atoms with van der Waals surface area (Å²) in [5.41, 5.74) is -0.731. The van der Waals surface area contributed by atoms with E-state index in [9.17, 15) is 22.4 Å². The number of nitrogens with zero attached hydrogens (tertiary/aromatic N) is 3. The first-order chi connectivity index (χ1) is 14.8. The van der Waals surface area contributed by atoms with Crippen LogP contribution in [0.2, 0.25) is 0 Å². The number of hydrogen-bond acceptors (Lipinski definition) is 3. The van der Waals surface area contributed by atoms with Crippen LogP contribution < -0.4 is 4.90 Å². The molecule has 2 aromatic rings. The lowest BCUT2D eigenvalue weighted by atomic mass is 9.77. The summed E-state index contributed by atoms with van der Waals surface area (Å²) in [5.74, 6) is 0.160. The van der Waals surface area contributed by atoms with Crippen molar-refractivity contribution in [3.63, 3.8) is 0 Å². The minimum atomic E-state index is -4.42. The van der Waals surface area contributed by atoms with E-state index < -0.39 is 17.2 Å². The number of pyridine rings is 1. The number of carbonyl (C=O) groups excluding carboxylic acids is 1. The first kappa shape index (κ1) is 21.6. The van der Waals surface area contributed by atoms with Gasteiger partial charge in [-0.25, -0.2) is 9.37 Å². The topological polar surface area (TPSA) is 36.4 Å². The van der Waals surface area contributed by atoms with Gasteiger partial charge < -0.3 is 9.80 Å². The molecule has 1 aliphatic heterocycles. The number of aromatic nitrogens is 1. The van der Waals surface area contributed by atoms with E-state index in [-0.39, 0.29) is 11.7 Å². The predicted molar refractivity (Wildman–Crippen MR) is 109 cm³/mol. The maximum absolute atomic E-state index is 13.9. The molecule has 31 heavy (non-hydrogen) atoms. The highest BCUT2D eigenvalue weighted by atomic mass is 19.4. The van der Waals surface area contributed by atoms with Crippen molar-refractivity contribution >= 4 is 11.7 Å². The maximum Gasteiger partial charge on any atom is 0.417 e. The normalized spacial score (nSPS) is 19.4. The van der Waals surface area contributed by atoms with Gasteiger partial charge in [0.2, 0.25) is 5.91 Å². The van der Waals surface area contributed by atoms with Crippen LogP contribution in [0.4, 0.5) is 23.4 Å². The summed E-state index contributed by atoms with van der Waals surface area (Å²) in [7, 11) is 0. The molecule has 166 valence electrons. The average Bonchev–Trinajstić information content (AvgIpc) is 3.12. The minimum Gasteiger partial charge on any atom is -0.355 e. The van der Waals surface area contributed by atoms with Gasteiger partial charge in [0, 0.05) is 32.4 Å². The van der Waals surface area contributed by atoms with Crippen molar-refractivity contribution in [1.82, 2.24) is 9.88 Å². The Morgan fingerprint density at radius 1 is 0.968 bits per heavy atom. The summed E-state index contributed by atoms with van der Waals surface area (Å²) in [6.07, 6.45) is 0.385. The molecule has 2 aliphatic rings. The lowest BCUT2D eigenvalue weighted by molar-refractivity contribution is -0.138. The van der Waals surface area contributed by atoms with Crippen molar-refractivity contribution in [2.75, 3.05) is 31.1 Å². The van der Waals surface area contributed by atoms with Crippen LogP contribution in [0.5, 0.6) is 0 Å². The quantitative estimate of drug-likeness (QED) is 0.651. The van der Waals surface area contributed by atoms with Gasteiger partial charge >= 0.3 is 6.18 Å². The third kappa shape index (κ3) is 4.38. The molecule has 1 aromatic heterocycles. The van der Waals surface area contributed by atoms with Crippen molar-refractivity contribution in [1.29, 1.82) is 0 Å². The van der Waals surface area contributed by atoms with Crippen molar-refractivity contribution in [3.8, 4) is 0 Å². The fourth-order valence-electron chi connectivity index (χ4n) is 4.78. The van der Waals surface area contributed by atoms with Crippen LogP contribution in [-0.4, -0.2) is 42.0 Å². The van der Waals surface area contributed by atoms with Crippen LogP contribution in [0, 0.1) is 5.82 Å². The SMILES string of the molecule is O=C(N1CCCN(c2ccc(C(F)(F)F)cn2)CC1)C1(c2cccc(F)c2)CCCC1. The van der Waals surface area contributed by atoms with E-state index in [1.54, 1.807) is 6.07 Å². The van der Waals surface area contributed by atoms with E-state index in [1.807, 2.05) is 15.9 Å². The molecular formula is C23H25F4N3O. The molecule has 4 nitrogen and oxygen atoms in total. The summed E-state index contributed by atoms with van der Waals surface area (Å²) >= 11 is 0. The zero-order chi connectivity index (χ0) is 22.1. The van der Waals surface area contributed by atoms with Crippen LogP contribution >= 0.6 is 0 Å². The highest BCUT2D eigenvalue weighted by Gasteiger charge is 2.45. The van der Waals surface area contributed by atoms with Crippen molar-refractivity contribution in [2.24, 2.45) is 0 Å². The van der Waals surface area contributed by atoms with Crippen LogP contribution in [0.3, 0.4) is 0 Å². The molecular weight excluding hydrogens is 410 g/mol. The number of carbonyl (C=O) groups is 1. The van der Waals surface area contributed by atoms with Crippen molar-refractivity contribution < 1.29 is 22.4 Å². The maximum atomic E-state index is 13.9. The molecule has 1 saturated heterocycles. The standard InChI is InChI=1S/C23H25F4N3O/c24-19-6-3-5-17(15-19)22(9-1-2-10-22)21(31)30-12-4-11-29(13-14-30)20-8-7-18(16-28-20)23(25,26)27/h3,5-8,15-16H,1-2,4,9-14H2. The Morgan fingerprint density at radius 3 is 2.39 bits per heavy atom. The molecule has 0 unspecified atom stereocenters. The molecule has 1 amide bonds. The predicted octanol–water partition coefficient (Wildman–Crippen LogP) is 4.79. The second-order valence-electron chi connectivity index (χ2n) is 8.34. The zero-order valence-electron chi connectivity index (χ0n) is 17.2. The van der Waals surface area contributed by atoms with Gasteiger partial charge in [-0.3, -0.25) is 4.79 Å². The summed E-state index contributed by atoms with van der Waals surface area (Å²) in [6, 6.07) is 8.76. The second kappa shape index (κ2) is 8.48. The van der Waals surface area contributed by atoms with Gasteiger partial charge in [-0.1, -0.05) is 25.0 Å². The van der Waals surface area contributed by atoms with Gasteiger partial charge in [-0.15, -0.1) is 0 Å². The Balaban J connectivity index is 1.49. The Bertz CT molecular complexity index is 923. The van der Waals surface area contributed by atoms with Gasteiger partial charge in [0.05, 0.1) is 11.0 Å². The fraction of sp³-hybridized carbons (Fsp3) is 0.478. The summed E-state index contributed by atoms with van der Waals surface area (Å²) in [4.78, 5) is 21.4. The third-order valence-electron chi connectivity index (χ3n) is 6.43. The van der Waals surface area contributed by atoms with Crippen LogP contribution in [0.15, 0.2) is 42.6 Å². The van der Waals surface area contributed by atoms with Crippen LogP contribution in [0.1, 0.15) is 43.2 Å². The number of hydrogen-bond donors (Lipinski definition) is 0. The molecule has 1 aliphatic carbocycles. The molecule has 1 aromatic carbocycles.